The molecule has 0 radical (unpaired) electrons. The Morgan fingerprint density at radius 2 is 1.23 bits per heavy atom. The van der Waals surface area contributed by atoms with Gasteiger partial charge >= 0.3 is 0 Å². The lowest BCUT2D eigenvalue weighted by molar-refractivity contribution is -0.151. The maximum absolute atomic E-state index is 14.7. The van der Waals surface area contributed by atoms with Crippen LogP contribution in [0.2, 0.25) is 0 Å². The van der Waals surface area contributed by atoms with Gasteiger partial charge in [0.05, 0.1) is 6.54 Å². The van der Waals surface area contributed by atoms with Crippen LogP contribution >= 0.6 is 0 Å². The van der Waals surface area contributed by atoms with Crippen LogP contribution < -0.4 is 0 Å². The van der Waals surface area contributed by atoms with Gasteiger partial charge in [0, 0.05) is 17.0 Å². The van der Waals surface area contributed by atoms with E-state index in [0.717, 1.165) is 32.5 Å². The molecule has 1 atom stereocenters. The third-order valence-corrected chi connectivity index (χ3v) is 5.66. The van der Waals surface area contributed by atoms with E-state index < -0.39 is 11.8 Å². The molecule has 2 heterocycles. The van der Waals surface area contributed by atoms with E-state index in [1.54, 1.807) is 0 Å². The summed E-state index contributed by atoms with van der Waals surface area (Å²) in [5.41, 5.74) is -0.00686. The lowest BCUT2D eigenvalue weighted by Gasteiger charge is -2.49. The van der Waals surface area contributed by atoms with Gasteiger partial charge in [-0.3, -0.25) is 9.80 Å². The first-order valence-corrected chi connectivity index (χ1v) is 8.79. The quantitative estimate of drug-likeness (QED) is 0.713. The molecule has 2 aliphatic rings. The number of piperidine rings is 2. The van der Waals surface area contributed by atoms with Crippen LogP contribution in [0, 0.1) is 11.8 Å². The largest absolute Gasteiger partial charge is 0.298 e. The highest BCUT2D eigenvalue weighted by Gasteiger charge is 2.50. The molecule has 0 spiro atoms. The van der Waals surface area contributed by atoms with Gasteiger partial charge in [-0.1, -0.05) is 0 Å². The van der Waals surface area contributed by atoms with Gasteiger partial charge in [0.1, 0.15) is 0 Å². The fraction of sp³-hybridized carbons (Fsp3) is 1.00. The number of hydrogen-bond donors (Lipinski definition) is 0. The zero-order valence-electron chi connectivity index (χ0n) is 15.3. The average molecular weight is 316 g/mol. The predicted molar refractivity (Wildman–Crippen MR) is 88.4 cm³/mol. The Hall–Kier alpha value is -0.220. The second kappa shape index (κ2) is 6.01. The van der Waals surface area contributed by atoms with Gasteiger partial charge in [-0.2, -0.15) is 0 Å². The van der Waals surface area contributed by atoms with Crippen molar-refractivity contribution >= 4 is 0 Å². The van der Waals surface area contributed by atoms with Crippen molar-refractivity contribution in [2.24, 2.45) is 11.8 Å². The van der Waals surface area contributed by atoms with Crippen LogP contribution in [0.4, 0.5) is 8.78 Å². The van der Waals surface area contributed by atoms with Crippen molar-refractivity contribution in [3.8, 4) is 0 Å². The number of nitrogens with zero attached hydrogens (tertiary/aromatic N) is 2. The molecule has 2 aliphatic heterocycles. The lowest BCUT2D eigenvalue weighted by atomic mass is 9.75. The number of halogens is 2. The predicted octanol–water partition coefficient (Wildman–Crippen LogP) is 4.25. The monoisotopic (exact) mass is 316 g/mol. The Morgan fingerprint density at radius 1 is 0.773 bits per heavy atom. The van der Waals surface area contributed by atoms with Crippen LogP contribution in [0.15, 0.2) is 0 Å². The molecule has 22 heavy (non-hydrogen) atoms. The van der Waals surface area contributed by atoms with Crippen LogP contribution in [-0.4, -0.2) is 53.0 Å². The summed E-state index contributed by atoms with van der Waals surface area (Å²) < 4.78 is 29.4. The summed E-state index contributed by atoms with van der Waals surface area (Å²) in [6.45, 7) is 15.4. The van der Waals surface area contributed by atoms with Crippen LogP contribution in [0.3, 0.4) is 0 Å². The summed E-state index contributed by atoms with van der Waals surface area (Å²) in [5.74, 6) is -2.77. The number of hydrogen-bond acceptors (Lipinski definition) is 2. The highest BCUT2D eigenvalue weighted by Crippen LogP contribution is 2.43. The number of alkyl halides is 2. The second-order valence-corrected chi connectivity index (χ2v) is 9.24. The molecular formula is C18H34F2N2. The minimum absolute atomic E-state index is 0.0688. The normalized spacial score (nSPS) is 29.7. The molecule has 0 amide bonds. The van der Waals surface area contributed by atoms with E-state index in [4.69, 9.17) is 0 Å². The molecule has 0 saturated carbocycles. The molecule has 0 bridgehead atoms. The minimum Gasteiger partial charge on any atom is -0.298 e. The zero-order valence-corrected chi connectivity index (χ0v) is 15.3. The fourth-order valence-corrected chi connectivity index (χ4v) is 4.08. The molecule has 2 rings (SSSR count). The lowest BCUT2D eigenvalue weighted by Crippen LogP contribution is -2.57. The van der Waals surface area contributed by atoms with Gasteiger partial charge < -0.3 is 0 Å². The first-order valence-electron chi connectivity index (χ1n) is 8.79. The van der Waals surface area contributed by atoms with E-state index >= 15 is 0 Å². The summed E-state index contributed by atoms with van der Waals surface area (Å²) >= 11 is 0. The van der Waals surface area contributed by atoms with Crippen LogP contribution in [-0.2, 0) is 0 Å². The molecule has 4 heteroatoms. The third-order valence-electron chi connectivity index (χ3n) is 5.66. The van der Waals surface area contributed by atoms with Crippen LogP contribution in [0.5, 0.6) is 0 Å². The molecule has 0 aromatic rings. The highest BCUT2D eigenvalue weighted by atomic mass is 19.3. The van der Waals surface area contributed by atoms with Crippen LogP contribution in [0.1, 0.15) is 60.8 Å². The Kier molecular flexibility index (Phi) is 4.95. The molecule has 1 unspecified atom stereocenters. The van der Waals surface area contributed by atoms with Gasteiger partial charge in [0.25, 0.3) is 5.92 Å². The Labute approximate surface area is 135 Å². The van der Waals surface area contributed by atoms with Crippen LogP contribution in [0.25, 0.3) is 0 Å². The zero-order chi connectivity index (χ0) is 16.8. The minimum atomic E-state index is -2.54. The number of rotatable bonds is 1. The molecule has 2 saturated heterocycles. The van der Waals surface area contributed by atoms with Crippen molar-refractivity contribution in [2.75, 3.05) is 26.2 Å². The summed E-state index contributed by atoms with van der Waals surface area (Å²) in [6.07, 6.45) is 2.49. The van der Waals surface area contributed by atoms with E-state index in [1.165, 1.54) is 0 Å². The molecule has 0 N–H and O–H groups in total. The fourth-order valence-electron chi connectivity index (χ4n) is 4.08. The maximum atomic E-state index is 14.7. The van der Waals surface area contributed by atoms with Gasteiger partial charge in [-0.05, 0) is 86.4 Å². The first-order chi connectivity index (χ1) is 9.91. The average Bonchev–Trinajstić information content (AvgIpc) is 2.35. The third kappa shape index (κ3) is 4.00. The highest BCUT2D eigenvalue weighted by molar-refractivity contribution is 4.95. The molecule has 2 nitrogen and oxygen atoms in total. The molecule has 0 aromatic heterocycles. The number of likely N-dealkylation sites (tertiary alicyclic amines) is 2. The summed E-state index contributed by atoms with van der Waals surface area (Å²) in [4.78, 5) is 4.39. The van der Waals surface area contributed by atoms with E-state index in [1.807, 2.05) is 25.7 Å². The van der Waals surface area contributed by atoms with E-state index in [-0.39, 0.29) is 23.5 Å². The maximum Gasteiger partial charge on any atom is 0.263 e. The van der Waals surface area contributed by atoms with Crippen molar-refractivity contribution in [2.45, 2.75) is 77.8 Å². The summed E-state index contributed by atoms with van der Waals surface area (Å²) in [5, 5.41) is 0. The topological polar surface area (TPSA) is 6.48 Å². The molecule has 0 aromatic carbocycles. The van der Waals surface area contributed by atoms with Gasteiger partial charge in [0.2, 0.25) is 0 Å². The van der Waals surface area contributed by atoms with Crippen molar-refractivity contribution in [3.63, 3.8) is 0 Å². The van der Waals surface area contributed by atoms with E-state index in [9.17, 15) is 8.78 Å². The van der Waals surface area contributed by atoms with E-state index in [0.29, 0.717) is 6.42 Å². The van der Waals surface area contributed by atoms with E-state index in [2.05, 4.69) is 25.7 Å². The SMILES string of the molecule is CC(C)(C)N1CCC(C2CCN(C(C)(C)C)CC2(F)F)CC1. The van der Waals surface area contributed by atoms with Crippen molar-refractivity contribution in [1.29, 1.82) is 0 Å². The van der Waals surface area contributed by atoms with Crippen molar-refractivity contribution < 1.29 is 8.78 Å². The van der Waals surface area contributed by atoms with Gasteiger partial charge in [-0.15, -0.1) is 0 Å². The molecule has 130 valence electrons. The summed E-state index contributed by atoms with van der Waals surface area (Å²) in [6, 6.07) is 0. The molecular weight excluding hydrogens is 282 g/mol. The summed E-state index contributed by atoms with van der Waals surface area (Å²) in [7, 11) is 0. The van der Waals surface area contributed by atoms with Gasteiger partial charge in [-0.25, -0.2) is 8.78 Å². The Balaban J connectivity index is 1.97. The standard InChI is InChI=1S/C18H34F2N2/c1-16(2,3)21-10-7-14(8-11-21)15-9-12-22(17(4,5)6)13-18(15,19)20/h14-15H,7-13H2,1-6H3. The Morgan fingerprint density at radius 3 is 1.64 bits per heavy atom. The van der Waals surface area contributed by atoms with Gasteiger partial charge in [0.15, 0.2) is 0 Å². The first kappa shape index (κ1) is 18.1. The molecule has 2 fully saturated rings. The van der Waals surface area contributed by atoms with Crippen molar-refractivity contribution in [1.82, 2.24) is 9.80 Å². The smallest absolute Gasteiger partial charge is 0.263 e. The Bertz CT molecular complexity index is 374. The second-order valence-electron chi connectivity index (χ2n) is 9.24. The van der Waals surface area contributed by atoms with Crippen molar-refractivity contribution in [3.05, 3.63) is 0 Å². The molecule has 0 aliphatic carbocycles.